The number of nitrogens with one attached hydrogen (secondary N) is 1. The molecule has 2 aliphatic carbocycles. The molecule has 1 aromatic heterocycles. The summed E-state index contributed by atoms with van der Waals surface area (Å²) in [6.07, 6.45) is 5.26. The van der Waals surface area contributed by atoms with E-state index in [1.165, 1.54) is 26.4 Å². The average Bonchev–Trinajstić information content (AvgIpc) is 3.44. The van der Waals surface area contributed by atoms with Crippen molar-refractivity contribution in [3.8, 4) is 11.3 Å². The van der Waals surface area contributed by atoms with Crippen molar-refractivity contribution < 1.29 is 14.3 Å². The first-order chi connectivity index (χ1) is 15.5. The number of rotatable bonds is 5. The SMILES string of the molecule is COC(=O)c1ccc(-c2nn(NC(=O)CC3CC4CCC3C4)c(=O)c3ccccc23)cc1. The van der Waals surface area contributed by atoms with Gasteiger partial charge in [0.05, 0.1) is 18.1 Å². The van der Waals surface area contributed by atoms with E-state index < -0.39 is 5.97 Å². The highest BCUT2D eigenvalue weighted by Gasteiger charge is 2.40. The Morgan fingerprint density at radius 1 is 1.06 bits per heavy atom. The summed E-state index contributed by atoms with van der Waals surface area (Å²) in [5.41, 5.74) is 4.06. The Bertz CT molecular complexity index is 1250. The van der Waals surface area contributed by atoms with E-state index in [1.807, 2.05) is 12.1 Å². The van der Waals surface area contributed by atoms with Crippen molar-refractivity contribution in [1.82, 2.24) is 9.89 Å². The minimum atomic E-state index is -0.424. The van der Waals surface area contributed by atoms with Crippen LogP contribution < -0.4 is 11.0 Å². The highest BCUT2D eigenvalue weighted by atomic mass is 16.5. The van der Waals surface area contributed by atoms with Crippen LogP contribution in [0.4, 0.5) is 0 Å². The third-order valence-corrected chi connectivity index (χ3v) is 6.95. The van der Waals surface area contributed by atoms with Crippen LogP contribution in [0.5, 0.6) is 0 Å². The third kappa shape index (κ3) is 3.68. The molecule has 164 valence electrons. The largest absolute Gasteiger partial charge is 0.465 e. The van der Waals surface area contributed by atoms with Crippen LogP contribution >= 0.6 is 0 Å². The molecular weight excluding hydrogens is 406 g/mol. The smallest absolute Gasteiger partial charge is 0.337 e. The number of methoxy groups -OCH3 is 1. The summed E-state index contributed by atoms with van der Waals surface area (Å²) >= 11 is 0. The molecule has 2 aliphatic rings. The van der Waals surface area contributed by atoms with Crippen molar-refractivity contribution in [3.05, 3.63) is 64.4 Å². The van der Waals surface area contributed by atoms with Gasteiger partial charge in [0.25, 0.3) is 5.56 Å². The average molecular weight is 431 g/mol. The van der Waals surface area contributed by atoms with Crippen LogP contribution in [0.15, 0.2) is 53.3 Å². The molecule has 1 amide bonds. The van der Waals surface area contributed by atoms with Gasteiger partial charge in [-0.2, -0.15) is 0 Å². The number of hydrogen-bond acceptors (Lipinski definition) is 5. The van der Waals surface area contributed by atoms with Crippen LogP contribution in [0.25, 0.3) is 22.0 Å². The van der Waals surface area contributed by atoms with Crippen molar-refractivity contribution in [1.29, 1.82) is 0 Å². The molecule has 3 unspecified atom stereocenters. The van der Waals surface area contributed by atoms with Gasteiger partial charge in [0.1, 0.15) is 5.69 Å². The standard InChI is InChI=1S/C25H25N3O4/c1-32-25(31)17-10-8-16(9-11-17)23-20-4-2-3-5-21(20)24(30)28(27-23)26-22(29)14-19-13-15-6-7-18(19)12-15/h2-5,8-11,15,18-19H,6-7,12-14H2,1H3,(H,26,29). The fraction of sp³-hybridized carbons (Fsp3) is 0.360. The number of benzene rings is 2. The summed E-state index contributed by atoms with van der Waals surface area (Å²) in [6.45, 7) is 0. The van der Waals surface area contributed by atoms with Gasteiger partial charge in [-0.1, -0.05) is 36.8 Å². The van der Waals surface area contributed by atoms with Crippen molar-refractivity contribution >= 4 is 22.6 Å². The van der Waals surface area contributed by atoms with Crippen molar-refractivity contribution in [2.75, 3.05) is 12.5 Å². The molecule has 32 heavy (non-hydrogen) atoms. The molecule has 7 nitrogen and oxygen atoms in total. The van der Waals surface area contributed by atoms with Crippen LogP contribution in [0, 0.1) is 17.8 Å². The lowest BCUT2D eigenvalue weighted by Gasteiger charge is -2.21. The minimum absolute atomic E-state index is 0.181. The van der Waals surface area contributed by atoms with E-state index in [1.54, 1.807) is 36.4 Å². The van der Waals surface area contributed by atoms with Gasteiger partial charge in [-0.05, 0) is 55.2 Å². The maximum atomic E-state index is 13.0. The molecule has 2 saturated carbocycles. The second-order valence-electron chi connectivity index (χ2n) is 8.85. The molecular formula is C25H25N3O4. The molecule has 0 spiro atoms. The molecule has 1 heterocycles. The predicted molar refractivity (Wildman–Crippen MR) is 121 cm³/mol. The van der Waals surface area contributed by atoms with Crippen LogP contribution in [0.3, 0.4) is 0 Å². The lowest BCUT2D eigenvalue weighted by Crippen LogP contribution is -2.36. The van der Waals surface area contributed by atoms with E-state index in [9.17, 15) is 14.4 Å². The first-order valence-electron chi connectivity index (χ1n) is 11.0. The summed E-state index contributed by atoms with van der Waals surface area (Å²) in [7, 11) is 1.33. The number of aromatic nitrogens is 2. The molecule has 5 rings (SSSR count). The molecule has 2 aromatic carbocycles. The fourth-order valence-corrected chi connectivity index (χ4v) is 5.39. The van der Waals surface area contributed by atoms with Crippen LogP contribution in [0.2, 0.25) is 0 Å². The Kier molecular flexibility index (Phi) is 5.25. The van der Waals surface area contributed by atoms with Crippen molar-refractivity contribution in [3.63, 3.8) is 0 Å². The maximum absolute atomic E-state index is 13.0. The molecule has 3 aromatic rings. The van der Waals surface area contributed by atoms with E-state index in [0.29, 0.717) is 40.3 Å². The van der Waals surface area contributed by atoms with Gasteiger partial charge in [-0.3, -0.25) is 9.59 Å². The molecule has 7 heteroatoms. The Labute approximate surface area is 185 Å². The summed E-state index contributed by atoms with van der Waals surface area (Å²) < 4.78 is 4.76. The minimum Gasteiger partial charge on any atom is -0.465 e. The summed E-state index contributed by atoms with van der Waals surface area (Å²) in [5.74, 6) is 1.19. The van der Waals surface area contributed by atoms with Gasteiger partial charge < -0.3 is 4.74 Å². The molecule has 0 radical (unpaired) electrons. The third-order valence-electron chi connectivity index (χ3n) is 6.95. The maximum Gasteiger partial charge on any atom is 0.337 e. The molecule has 2 fully saturated rings. The lowest BCUT2D eigenvalue weighted by molar-refractivity contribution is -0.118. The molecule has 1 N–H and O–H groups in total. The Balaban J connectivity index is 1.47. The molecule has 0 aliphatic heterocycles. The van der Waals surface area contributed by atoms with E-state index >= 15 is 0 Å². The van der Waals surface area contributed by atoms with Gasteiger partial charge in [0.2, 0.25) is 5.91 Å². The second-order valence-corrected chi connectivity index (χ2v) is 8.85. The van der Waals surface area contributed by atoms with Gasteiger partial charge in [-0.15, -0.1) is 9.89 Å². The zero-order valence-corrected chi connectivity index (χ0v) is 17.9. The Morgan fingerprint density at radius 2 is 1.81 bits per heavy atom. The number of esters is 1. The number of carbonyl (C=O) groups is 2. The van der Waals surface area contributed by atoms with Gasteiger partial charge in [0.15, 0.2) is 0 Å². The Morgan fingerprint density at radius 3 is 2.47 bits per heavy atom. The normalized spacial score (nSPS) is 21.6. The van der Waals surface area contributed by atoms with Gasteiger partial charge in [0, 0.05) is 17.4 Å². The number of fused-ring (bicyclic) bond motifs is 3. The van der Waals surface area contributed by atoms with Crippen molar-refractivity contribution in [2.45, 2.75) is 32.1 Å². The van der Waals surface area contributed by atoms with E-state index in [-0.39, 0.29) is 11.5 Å². The quantitative estimate of drug-likeness (QED) is 0.622. The van der Waals surface area contributed by atoms with E-state index in [4.69, 9.17) is 4.74 Å². The van der Waals surface area contributed by atoms with Crippen LogP contribution in [-0.4, -0.2) is 28.9 Å². The van der Waals surface area contributed by atoms with Crippen molar-refractivity contribution in [2.24, 2.45) is 17.8 Å². The van der Waals surface area contributed by atoms with Crippen LogP contribution in [-0.2, 0) is 9.53 Å². The number of nitrogens with zero attached hydrogens (tertiary/aromatic N) is 2. The van der Waals surface area contributed by atoms with E-state index in [2.05, 4.69) is 10.5 Å². The fourth-order valence-electron chi connectivity index (χ4n) is 5.39. The number of hydrogen-bond donors (Lipinski definition) is 1. The molecule has 3 atom stereocenters. The first-order valence-corrected chi connectivity index (χ1v) is 11.0. The number of amides is 1. The zero-order valence-electron chi connectivity index (χ0n) is 17.9. The molecule has 2 bridgehead atoms. The molecule has 0 saturated heterocycles. The first kappa shape index (κ1) is 20.4. The Hall–Kier alpha value is -3.48. The highest BCUT2D eigenvalue weighted by Crippen LogP contribution is 2.49. The topological polar surface area (TPSA) is 90.3 Å². The van der Waals surface area contributed by atoms with Crippen LogP contribution in [0.1, 0.15) is 42.5 Å². The highest BCUT2D eigenvalue weighted by molar-refractivity contribution is 5.95. The summed E-state index contributed by atoms with van der Waals surface area (Å²) in [4.78, 5) is 38.6. The van der Waals surface area contributed by atoms with E-state index in [0.717, 1.165) is 22.7 Å². The van der Waals surface area contributed by atoms with Gasteiger partial charge >= 0.3 is 5.97 Å². The van der Waals surface area contributed by atoms with Gasteiger partial charge in [-0.25, -0.2) is 10.2 Å². The number of ether oxygens (including phenoxy) is 1. The lowest BCUT2D eigenvalue weighted by atomic mass is 9.86. The summed E-state index contributed by atoms with van der Waals surface area (Å²) in [5, 5.41) is 5.63. The zero-order chi connectivity index (χ0) is 22.2. The number of carbonyl (C=O) groups excluding carboxylic acids is 2. The monoisotopic (exact) mass is 431 g/mol. The second kappa shape index (κ2) is 8.22. The summed E-state index contributed by atoms with van der Waals surface area (Å²) in [6, 6.07) is 14.0. The predicted octanol–water partition coefficient (Wildman–Crippen LogP) is 3.75.